The molecule has 2 N–H and O–H groups in total. The van der Waals surface area contributed by atoms with Crippen LogP contribution in [0.4, 0.5) is 4.79 Å². The van der Waals surface area contributed by atoms with E-state index in [1.165, 1.54) is 0 Å². The Bertz CT molecular complexity index is 826. The van der Waals surface area contributed by atoms with Crippen LogP contribution in [0.2, 0.25) is 0 Å². The Morgan fingerprint density at radius 3 is 1.94 bits per heavy atom. The summed E-state index contributed by atoms with van der Waals surface area (Å²) >= 11 is 0. The number of ether oxygens (including phenoxy) is 2. The maximum absolute atomic E-state index is 12.6. The van der Waals surface area contributed by atoms with Crippen molar-refractivity contribution >= 4 is 18.0 Å². The van der Waals surface area contributed by atoms with Gasteiger partial charge < -0.3 is 20.1 Å². The Labute approximate surface area is 183 Å². The van der Waals surface area contributed by atoms with E-state index in [9.17, 15) is 14.4 Å². The lowest BCUT2D eigenvalue weighted by Crippen LogP contribution is -2.43. The summed E-state index contributed by atoms with van der Waals surface area (Å²) in [6, 6.07) is 17.5. The van der Waals surface area contributed by atoms with Crippen molar-refractivity contribution in [2.45, 2.75) is 58.4 Å². The van der Waals surface area contributed by atoms with Crippen molar-refractivity contribution in [3.63, 3.8) is 0 Å². The first-order valence-electron chi connectivity index (χ1n) is 10.4. The van der Waals surface area contributed by atoms with Crippen LogP contribution in [0.5, 0.6) is 0 Å². The molecular weight excluding hydrogens is 396 g/mol. The van der Waals surface area contributed by atoms with Crippen LogP contribution in [-0.4, -0.2) is 30.1 Å². The van der Waals surface area contributed by atoms with Crippen molar-refractivity contribution < 1.29 is 23.9 Å². The summed E-state index contributed by atoms with van der Waals surface area (Å²) in [4.78, 5) is 36.9. The zero-order chi connectivity index (χ0) is 22.5. The van der Waals surface area contributed by atoms with Crippen LogP contribution in [0.25, 0.3) is 0 Å². The van der Waals surface area contributed by atoms with Gasteiger partial charge in [-0.1, -0.05) is 67.6 Å². The topological polar surface area (TPSA) is 93.7 Å². The van der Waals surface area contributed by atoms with Crippen molar-refractivity contribution in [1.82, 2.24) is 10.6 Å². The summed E-state index contributed by atoms with van der Waals surface area (Å²) < 4.78 is 10.5. The van der Waals surface area contributed by atoms with Crippen LogP contribution in [0, 0.1) is 0 Å². The van der Waals surface area contributed by atoms with Crippen LogP contribution in [0.1, 0.15) is 44.2 Å². The number of hydrogen-bond donors (Lipinski definition) is 2. The largest absolute Gasteiger partial charge is 0.459 e. The Hall–Kier alpha value is -3.35. The number of nitrogens with one attached hydrogen (secondary N) is 2. The summed E-state index contributed by atoms with van der Waals surface area (Å²) in [5, 5.41) is 5.38. The molecule has 0 radical (unpaired) electrons. The van der Waals surface area contributed by atoms with Gasteiger partial charge in [-0.05, 0) is 30.9 Å². The Balaban J connectivity index is 1.92. The molecule has 0 spiro atoms. The third-order valence-corrected chi connectivity index (χ3v) is 4.69. The highest BCUT2D eigenvalue weighted by atomic mass is 16.6. The van der Waals surface area contributed by atoms with Crippen molar-refractivity contribution in [1.29, 1.82) is 0 Å². The van der Waals surface area contributed by atoms with Crippen LogP contribution < -0.4 is 10.6 Å². The maximum Gasteiger partial charge on any atom is 0.408 e. The highest BCUT2D eigenvalue weighted by Crippen LogP contribution is 2.07. The fourth-order valence-electron chi connectivity index (χ4n) is 2.71. The lowest BCUT2D eigenvalue weighted by molar-refractivity contribution is -0.147. The second-order valence-corrected chi connectivity index (χ2v) is 7.27. The fourth-order valence-corrected chi connectivity index (χ4v) is 2.71. The monoisotopic (exact) mass is 426 g/mol. The van der Waals surface area contributed by atoms with Crippen molar-refractivity contribution in [2.75, 3.05) is 0 Å². The maximum atomic E-state index is 12.6. The van der Waals surface area contributed by atoms with E-state index in [-0.39, 0.29) is 38.0 Å². The lowest BCUT2D eigenvalue weighted by atomic mass is 10.1. The molecule has 7 nitrogen and oxygen atoms in total. The predicted molar refractivity (Wildman–Crippen MR) is 117 cm³/mol. The minimum Gasteiger partial charge on any atom is -0.459 e. The van der Waals surface area contributed by atoms with Gasteiger partial charge in [0.2, 0.25) is 5.91 Å². The van der Waals surface area contributed by atoms with Crippen LogP contribution >= 0.6 is 0 Å². The van der Waals surface area contributed by atoms with E-state index >= 15 is 0 Å². The molecule has 2 aromatic carbocycles. The zero-order valence-electron chi connectivity index (χ0n) is 18.0. The average molecular weight is 427 g/mol. The van der Waals surface area contributed by atoms with E-state index in [0.29, 0.717) is 0 Å². The molecule has 2 amide bonds. The smallest absolute Gasteiger partial charge is 0.408 e. The first kappa shape index (κ1) is 23.9. The van der Waals surface area contributed by atoms with Gasteiger partial charge in [-0.3, -0.25) is 4.79 Å². The summed E-state index contributed by atoms with van der Waals surface area (Å²) in [7, 11) is 0. The molecule has 0 saturated carbocycles. The standard InChI is InChI=1S/C24H30N2O5/c1-3-18(2)25-22(27)15-14-21(23(28)30-16-19-10-6-4-7-11-19)26-24(29)31-17-20-12-8-5-9-13-20/h4-13,18,21H,3,14-17H2,1-2H3,(H,25,27)(H,26,29)/t18-,21-/m0/s1. The second kappa shape index (κ2) is 13.1. The molecule has 0 aliphatic heterocycles. The number of esters is 1. The van der Waals surface area contributed by atoms with E-state index in [4.69, 9.17) is 9.47 Å². The number of alkyl carbamates (subject to hydrolysis) is 1. The van der Waals surface area contributed by atoms with Gasteiger partial charge in [-0.25, -0.2) is 9.59 Å². The number of carbonyl (C=O) groups excluding carboxylic acids is 3. The fraction of sp³-hybridized carbons (Fsp3) is 0.375. The Morgan fingerprint density at radius 2 is 1.39 bits per heavy atom. The first-order chi connectivity index (χ1) is 15.0. The van der Waals surface area contributed by atoms with Crippen LogP contribution in [-0.2, 0) is 32.3 Å². The molecule has 0 saturated heterocycles. The number of rotatable bonds is 11. The second-order valence-electron chi connectivity index (χ2n) is 7.27. The van der Waals surface area contributed by atoms with Gasteiger partial charge in [0.1, 0.15) is 19.3 Å². The zero-order valence-corrected chi connectivity index (χ0v) is 18.0. The number of amides is 2. The average Bonchev–Trinajstić information content (AvgIpc) is 2.80. The summed E-state index contributed by atoms with van der Waals surface area (Å²) in [5.41, 5.74) is 1.66. The molecule has 31 heavy (non-hydrogen) atoms. The summed E-state index contributed by atoms with van der Waals surface area (Å²) in [5.74, 6) is -0.800. The molecule has 7 heteroatoms. The third-order valence-electron chi connectivity index (χ3n) is 4.69. The molecule has 0 bridgehead atoms. The minimum absolute atomic E-state index is 0.0415. The van der Waals surface area contributed by atoms with Gasteiger partial charge >= 0.3 is 12.1 Å². The highest BCUT2D eigenvalue weighted by Gasteiger charge is 2.24. The summed E-state index contributed by atoms with van der Waals surface area (Å²) in [6.45, 7) is 4.03. The van der Waals surface area contributed by atoms with Crippen molar-refractivity contribution in [2.24, 2.45) is 0 Å². The van der Waals surface area contributed by atoms with E-state index in [1.807, 2.05) is 74.5 Å². The molecule has 0 aliphatic rings. The molecule has 166 valence electrons. The SMILES string of the molecule is CC[C@H](C)NC(=O)CC[C@H](NC(=O)OCc1ccccc1)C(=O)OCc1ccccc1. The normalized spacial score (nSPS) is 12.3. The van der Waals surface area contributed by atoms with Crippen LogP contribution in [0.15, 0.2) is 60.7 Å². The molecule has 0 aliphatic carbocycles. The van der Waals surface area contributed by atoms with Crippen LogP contribution in [0.3, 0.4) is 0 Å². The van der Waals surface area contributed by atoms with E-state index in [1.54, 1.807) is 0 Å². The van der Waals surface area contributed by atoms with Crippen molar-refractivity contribution in [3.05, 3.63) is 71.8 Å². The summed E-state index contributed by atoms with van der Waals surface area (Å²) in [6.07, 6.45) is 0.246. The van der Waals surface area contributed by atoms with E-state index in [0.717, 1.165) is 17.5 Å². The number of carbonyl (C=O) groups is 3. The molecule has 0 aromatic heterocycles. The Morgan fingerprint density at radius 1 is 0.839 bits per heavy atom. The third kappa shape index (κ3) is 9.33. The van der Waals surface area contributed by atoms with Gasteiger partial charge in [0, 0.05) is 12.5 Å². The minimum atomic E-state index is -0.991. The van der Waals surface area contributed by atoms with Gasteiger partial charge in [-0.15, -0.1) is 0 Å². The molecule has 0 heterocycles. The van der Waals surface area contributed by atoms with E-state index in [2.05, 4.69) is 10.6 Å². The van der Waals surface area contributed by atoms with E-state index < -0.39 is 18.1 Å². The molecule has 0 unspecified atom stereocenters. The molecule has 2 rings (SSSR count). The first-order valence-corrected chi connectivity index (χ1v) is 10.4. The molecule has 2 aromatic rings. The van der Waals surface area contributed by atoms with Gasteiger partial charge in [0.15, 0.2) is 0 Å². The predicted octanol–water partition coefficient (Wildman–Crippen LogP) is 3.72. The van der Waals surface area contributed by atoms with Gasteiger partial charge in [0.25, 0.3) is 0 Å². The number of benzene rings is 2. The molecule has 0 fully saturated rings. The quantitative estimate of drug-likeness (QED) is 0.534. The number of hydrogen-bond acceptors (Lipinski definition) is 5. The highest BCUT2D eigenvalue weighted by molar-refractivity contribution is 5.83. The Kier molecular flexibility index (Phi) is 10.1. The van der Waals surface area contributed by atoms with Gasteiger partial charge in [0.05, 0.1) is 0 Å². The molecular formula is C24H30N2O5. The lowest BCUT2D eigenvalue weighted by Gasteiger charge is -2.18. The molecule has 2 atom stereocenters. The van der Waals surface area contributed by atoms with Gasteiger partial charge in [-0.2, -0.15) is 0 Å². The van der Waals surface area contributed by atoms with Crippen molar-refractivity contribution in [3.8, 4) is 0 Å².